The third-order valence-corrected chi connectivity index (χ3v) is 6.88. The summed E-state index contributed by atoms with van der Waals surface area (Å²) in [5.74, 6) is 0.563. The summed E-state index contributed by atoms with van der Waals surface area (Å²) in [7, 11) is 0. The number of anilines is 1. The molecule has 0 spiro atoms. The number of fused-ring (bicyclic) bond motifs is 1. The van der Waals surface area contributed by atoms with E-state index >= 15 is 0 Å². The van der Waals surface area contributed by atoms with Gasteiger partial charge in [-0.05, 0) is 60.9 Å². The second-order valence-electron chi connectivity index (χ2n) is 9.31. The Bertz CT molecular complexity index is 1360. The molecule has 3 aromatic rings. The van der Waals surface area contributed by atoms with Gasteiger partial charge in [-0.1, -0.05) is 24.3 Å². The van der Waals surface area contributed by atoms with Crippen molar-refractivity contribution in [3.8, 4) is 6.07 Å². The molecule has 0 saturated carbocycles. The number of halogens is 1. The second kappa shape index (κ2) is 9.78. The first-order valence-corrected chi connectivity index (χ1v) is 12.1. The molecular formula is C28H27FN6O. The van der Waals surface area contributed by atoms with E-state index in [2.05, 4.69) is 32.3 Å². The van der Waals surface area contributed by atoms with Gasteiger partial charge in [0.2, 0.25) is 0 Å². The predicted molar refractivity (Wildman–Crippen MR) is 136 cm³/mol. The summed E-state index contributed by atoms with van der Waals surface area (Å²) in [5, 5.41) is 12.1. The van der Waals surface area contributed by atoms with Crippen LogP contribution in [-0.4, -0.2) is 46.6 Å². The fraction of sp³-hybridized carbons (Fsp3) is 0.286. The van der Waals surface area contributed by atoms with Crippen molar-refractivity contribution in [2.24, 2.45) is 0 Å². The fourth-order valence-electron chi connectivity index (χ4n) is 4.89. The quantitative estimate of drug-likeness (QED) is 0.589. The average Bonchev–Trinajstić information content (AvgIpc) is 3.33. The van der Waals surface area contributed by atoms with Crippen LogP contribution in [0.1, 0.15) is 47.8 Å². The number of amides is 2. The van der Waals surface area contributed by atoms with Gasteiger partial charge in [0.15, 0.2) is 0 Å². The van der Waals surface area contributed by atoms with Crippen LogP contribution in [0.25, 0.3) is 11.6 Å². The third-order valence-electron chi connectivity index (χ3n) is 6.88. The van der Waals surface area contributed by atoms with Crippen molar-refractivity contribution >= 4 is 23.5 Å². The van der Waals surface area contributed by atoms with Gasteiger partial charge in [-0.15, -0.1) is 0 Å². The largest absolute Gasteiger partial charge is 0.352 e. The highest BCUT2D eigenvalue weighted by Crippen LogP contribution is 2.35. The van der Waals surface area contributed by atoms with E-state index in [1.807, 2.05) is 49.1 Å². The molecule has 1 aromatic heterocycles. The fourth-order valence-corrected chi connectivity index (χ4v) is 4.89. The van der Waals surface area contributed by atoms with Crippen LogP contribution >= 0.6 is 0 Å². The second-order valence-corrected chi connectivity index (χ2v) is 9.31. The zero-order chi connectivity index (χ0) is 25.2. The van der Waals surface area contributed by atoms with Gasteiger partial charge in [-0.3, -0.25) is 0 Å². The Morgan fingerprint density at radius 3 is 2.72 bits per heavy atom. The number of rotatable bonds is 4. The number of carbonyl (C=O) groups is 1. The molecule has 2 aliphatic rings. The Hall–Kier alpha value is -4.25. The van der Waals surface area contributed by atoms with Gasteiger partial charge in [0.25, 0.3) is 0 Å². The number of hydrogen-bond donors (Lipinski definition) is 1. The molecule has 2 heterocycles. The molecule has 2 atom stereocenters. The summed E-state index contributed by atoms with van der Waals surface area (Å²) in [5.41, 5.74) is 5.58. The van der Waals surface area contributed by atoms with Crippen molar-refractivity contribution in [3.05, 3.63) is 88.6 Å². The maximum atomic E-state index is 13.6. The standard InChI is InChI=1S/C28H27FN6O/c1-18-16-34(10-11-35(18)28(36)33-19(2)22-4-3-5-24(29)12-22)27-25-13-23(14-26(25)31-17-32-27)21-8-6-20(15-30)7-9-21/h3-9,12-13,17-19H,10-11,14,16H2,1-2H3,(H,33,36)/t18-,19+/m1/s1. The van der Waals surface area contributed by atoms with Gasteiger partial charge in [-0.25, -0.2) is 19.2 Å². The van der Waals surface area contributed by atoms with Crippen LogP contribution < -0.4 is 10.2 Å². The molecule has 5 rings (SSSR count). The number of aromatic nitrogens is 2. The highest BCUT2D eigenvalue weighted by atomic mass is 19.1. The van der Waals surface area contributed by atoms with Crippen LogP contribution in [0.2, 0.25) is 0 Å². The molecule has 8 heteroatoms. The summed E-state index contributed by atoms with van der Waals surface area (Å²) >= 11 is 0. The number of hydrogen-bond acceptors (Lipinski definition) is 5. The Morgan fingerprint density at radius 1 is 1.19 bits per heavy atom. The van der Waals surface area contributed by atoms with Crippen molar-refractivity contribution in [3.63, 3.8) is 0 Å². The normalized spacial score (nSPS) is 17.7. The lowest BCUT2D eigenvalue weighted by atomic mass is 10.0. The zero-order valence-electron chi connectivity index (χ0n) is 20.3. The number of piperazine rings is 1. The number of nitrogens with one attached hydrogen (secondary N) is 1. The molecule has 36 heavy (non-hydrogen) atoms. The molecule has 2 aromatic carbocycles. The monoisotopic (exact) mass is 482 g/mol. The summed E-state index contributed by atoms with van der Waals surface area (Å²) in [6.45, 7) is 5.72. The molecule has 0 radical (unpaired) electrons. The van der Waals surface area contributed by atoms with E-state index in [9.17, 15) is 9.18 Å². The minimum atomic E-state index is -0.315. The van der Waals surface area contributed by atoms with Crippen LogP contribution in [0.3, 0.4) is 0 Å². The number of nitrogens with zero attached hydrogens (tertiary/aromatic N) is 5. The molecular weight excluding hydrogens is 455 g/mol. The summed E-state index contributed by atoms with van der Waals surface area (Å²) < 4.78 is 13.6. The topological polar surface area (TPSA) is 85.2 Å². The van der Waals surface area contributed by atoms with Gasteiger partial charge in [0.05, 0.1) is 23.4 Å². The maximum absolute atomic E-state index is 13.6. The van der Waals surface area contributed by atoms with Crippen molar-refractivity contribution in [1.82, 2.24) is 20.2 Å². The van der Waals surface area contributed by atoms with E-state index < -0.39 is 0 Å². The van der Waals surface area contributed by atoms with Crippen molar-refractivity contribution in [2.75, 3.05) is 24.5 Å². The minimum Gasteiger partial charge on any atom is -0.352 e. The molecule has 1 fully saturated rings. The third kappa shape index (κ3) is 4.65. The Kier molecular flexibility index (Phi) is 6.38. The highest BCUT2D eigenvalue weighted by molar-refractivity contribution is 5.91. The Morgan fingerprint density at radius 2 is 2.00 bits per heavy atom. The first kappa shape index (κ1) is 23.5. The van der Waals surface area contributed by atoms with Crippen molar-refractivity contribution < 1.29 is 9.18 Å². The van der Waals surface area contributed by atoms with Crippen LogP contribution in [0.5, 0.6) is 0 Å². The van der Waals surface area contributed by atoms with E-state index in [4.69, 9.17) is 5.26 Å². The number of benzene rings is 2. The number of carbonyl (C=O) groups excluding carboxylic acids is 1. The van der Waals surface area contributed by atoms with Crippen LogP contribution in [-0.2, 0) is 6.42 Å². The Balaban J connectivity index is 1.28. The van der Waals surface area contributed by atoms with Crippen LogP contribution in [0, 0.1) is 17.1 Å². The molecule has 1 aliphatic heterocycles. The molecule has 2 amide bonds. The molecule has 1 N–H and O–H groups in total. The average molecular weight is 483 g/mol. The van der Waals surface area contributed by atoms with E-state index in [1.54, 1.807) is 12.4 Å². The van der Waals surface area contributed by atoms with Crippen LogP contribution in [0.4, 0.5) is 15.0 Å². The summed E-state index contributed by atoms with van der Waals surface area (Å²) in [6.07, 6.45) is 4.46. The van der Waals surface area contributed by atoms with Gasteiger partial charge in [0, 0.05) is 37.7 Å². The molecule has 0 unspecified atom stereocenters. The zero-order valence-corrected chi connectivity index (χ0v) is 20.3. The molecule has 182 valence electrons. The Labute approximate surface area is 209 Å². The lowest BCUT2D eigenvalue weighted by Crippen LogP contribution is -2.57. The van der Waals surface area contributed by atoms with Gasteiger partial charge in [0.1, 0.15) is 18.0 Å². The molecule has 1 aliphatic carbocycles. The summed E-state index contributed by atoms with van der Waals surface area (Å²) in [4.78, 5) is 26.2. The maximum Gasteiger partial charge on any atom is 0.318 e. The van der Waals surface area contributed by atoms with E-state index in [0.29, 0.717) is 31.6 Å². The van der Waals surface area contributed by atoms with Gasteiger partial charge in [-0.2, -0.15) is 5.26 Å². The van der Waals surface area contributed by atoms with E-state index in [0.717, 1.165) is 33.8 Å². The van der Waals surface area contributed by atoms with Crippen molar-refractivity contribution in [1.29, 1.82) is 5.26 Å². The van der Waals surface area contributed by atoms with E-state index in [1.165, 1.54) is 12.1 Å². The number of urea groups is 1. The lowest BCUT2D eigenvalue weighted by molar-refractivity contribution is 0.168. The first-order valence-electron chi connectivity index (χ1n) is 12.1. The lowest BCUT2D eigenvalue weighted by Gasteiger charge is -2.41. The van der Waals surface area contributed by atoms with Crippen LogP contribution in [0.15, 0.2) is 54.9 Å². The minimum absolute atomic E-state index is 0.0348. The summed E-state index contributed by atoms with van der Waals surface area (Å²) in [6, 6.07) is 15.5. The molecule has 0 bridgehead atoms. The highest BCUT2D eigenvalue weighted by Gasteiger charge is 2.31. The van der Waals surface area contributed by atoms with Crippen molar-refractivity contribution in [2.45, 2.75) is 32.4 Å². The van der Waals surface area contributed by atoms with Gasteiger partial charge >= 0.3 is 6.03 Å². The number of nitriles is 1. The first-order chi connectivity index (χ1) is 17.4. The van der Waals surface area contributed by atoms with E-state index in [-0.39, 0.29) is 23.9 Å². The molecule has 1 saturated heterocycles. The van der Waals surface area contributed by atoms with Gasteiger partial charge < -0.3 is 15.1 Å². The smallest absolute Gasteiger partial charge is 0.318 e. The molecule has 7 nitrogen and oxygen atoms in total. The SMILES string of the molecule is C[C@H](NC(=O)N1CCN(c2ncnc3c2C=C(c2ccc(C#N)cc2)C3)C[C@H]1C)c1cccc(F)c1. The number of allylic oxidation sites excluding steroid dienone is 1. The predicted octanol–water partition coefficient (Wildman–Crippen LogP) is 4.57.